The van der Waals surface area contributed by atoms with E-state index < -0.39 is 0 Å². The smallest absolute Gasteiger partial charge is 0.0644 e. The van der Waals surface area contributed by atoms with Gasteiger partial charge in [0.05, 0.1) is 5.60 Å². The molecule has 0 radical (unpaired) electrons. The lowest BCUT2D eigenvalue weighted by Crippen LogP contribution is -2.63. The molecule has 2 unspecified atom stereocenters. The average Bonchev–Trinajstić information content (AvgIpc) is 2.49. The average molecular weight is 269 g/mol. The molecule has 0 bridgehead atoms. The minimum atomic E-state index is -0.0461. The van der Waals surface area contributed by atoms with E-state index in [0.717, 1.165) is 32.5 Å². The van der Waals surface area contributed by atoms with Crippen molar-refractivity contribution in [3.05, 3.63) is 0 Å². The number of hydrogen-bond donors (Lipinski definition) is 1. The van der Waals surface area contributed by atoms with Crippen LogP contribution < -0.4 is 5.73 Å². The standard InChI is InChI=1S/C15H31N3O/c1-13-10-17(4)7-5-8-18(13)15(12-16)6-9-19-14(2,3)11-15/h13H,5-12,16H2,1-4H3. The normalized spacial score (nSPS) is 38.1. The Morgan fingerprint density at radius 1 is 1.32 bits per heavy atom. The van der Waals surface area contributed by atoms with Gasteiger partial charge in [-0.2, -0.15) is 0 Å². The molecule has 4 nitrogen and oxygen atoms in total. The molecule has 2 saturated heterocycles. The number of rotatable bonds is 2. The summed E-state index contributed by atoms with van der Waals surface area (Å²) >= 11 is 0. The van der Waals surface area contributed by atoms with Gasteiger partial charge in [0.2, 0.25) is 0 Å². The van der Waals surface area contributed by atoms with Crippen molar-refractivity contribution in [2.45, 2.75) is 57.2 Å². The van der Waals surface area contributed by atoms with Crippen molar-refractivity contribution >= 4 is 0 Å². The Kier molecular flexibility index (Phi) is 4.56. The highest BCUT2D eigenvalue weighted by atomic mass is 16.5. The van der Waals surface area contributed by atoms with Crippen LogP contribution in [-0.4, -0.2) is 66.8 Å². The third-order valence-electron chi connectivity index (χ3n) is 4.85. The lowest BCUT2D eigenvalue weighted by molar-refractivity contribution is -0.124. The molecule has 0 aromatic rings. The molecule has 2 N–H and O–H groups in total. The van der Waals surface area contributed by atoms with Gasteiger partial charge in [-0.15, -0.1) is 0 Å². The zero-order valence-corrected chi connectivity index (χ0v) is 13.1. The van der Waals surface area contributed by atoms with Crippen molar-refractivity contribution in [3.63, 3.8) is 0 Å². The Bertz CT molecular complexity index is 308. The maximum atomic E-state index is 6.23. The fraction of sp³-hybridized carbons (Fsp3) is 1.00. The molecule has 2 fully saturated rings. The second kappa shape index (κ2) is 5.68. The monoisotopic (exact) mass is 269 g/mol. The molecular weight excluding hydrogens is 238 g/mol. The largest absolute Gasteiger partial charge is 0.375 e. The lowest BCUT2D eigenvalue weighted by atomic mass is 9.79. The first-order chi connectivity index (χ1) is 8.88. The highest BCUT2D eigenvalue weighted by Crippen LogP contribution is 2.37. The van der Waals surface area contributed by atoms with E-state index >= 15 is 0 Å². The quantitative estimate of drug-likeness (QED) is 0.820. The van der Waals surface area contributed by atoms with E-state index in [4.69, 9.17) is 10.5 Å². The van der Waals surface area contributed by atoms with E-state index in [1.165, 1.54) is 19.5 Å². The van der Waals surface area contributed by atoms with E-state index in [2.05, 4.69) is 37.6 Å². The van der Waals surface area contributed by atoms with E-state index in [1.807, 2.05) is 0 Å². The van der Waals surface area contributed by atoms with Crippen LogP contribution in [0.15, 0.2) is 0 Å². The van der Waals surface area contributed by atoms with E-state index in [0.29, 0.717) is 6.04 Å². The van der Waals surface area contributed by atoms with Crippen LogP contribution in [0.5, 0.6) is 0 Å². The fourth-order valence-corrected chi connectivity index (χ4v) is 4.06. The van der Waals surface area contributed by atoms with Crippen molar-refractivity contribution in [1.29, 1.82) is 0 Å². The highest BCUT2D eigenvalue weighted by Gasteiger charge is 2.45. The summed E-state index contributed by atoms with van der Waals surface area (Å²) in [4.78, 5) is 5.13. The van der Waals surface area contributed by atoms with Crippen LogP contribution in [0.4, 0.5) is 0 Å². The van der Waals surface area contributed by atoms with Gasteiger partial charge >= 0.3 is 0 Å². The van der Waals surface area contributed by atoms with Crippen molar-refractivity contribution in [3.8, 4) is 0 Å². The van der Waals surface area contributed by atoms with Crippen LogP contribution in [0, 0.1) is 0 Å². The van der Waals surface area contributed by atoms with Gasteiger partial charge in [-0.1, -0.05) is 0 Å². The van der Waals surface area contributed by atoms with Crippen LogP contribution in [-0.2, 0) is 4.74 Å². The number of likely N-dealkylation sites (N-methyl/N-ethyl adjacent to an activating group) is 1. The maximum absolute atomic E-state index is 6.23. The number of nitrogens with two attached hydrogens (primary N) is 1. The number of ether oxygens (including phenoxy) is 1. The summed E-state index contributed by atoms with van der Waals surface area (Å²) in [5.41, 5.74) is 6.31. The topological polar surface area (TPSA) is 41.7 Å². The van der Waals surface area contributed by atoms with Gasteiger partial charge in [0.15, 0.2) is 0 Å². The molecule has 2 rings (SSSR count). The molecular formula is C15H31N3O. The summed E-state index contributed by atoms with van der Waals surface area (Å²) in [5.74, 6) is 0. The summed E-state index contributed by atoms with van der Waals surface area (Å²) < 4.78 is 5.91. The SMILES string of the molecule is CC1CN(C)CCCN1C1(CN)CCOC(C)(C)C1. The first kappa shape index (κ1) is 15.2. The minimum absolute atomic E-state index is 0.0461. The van der Waals surface area contributed by atoms with Gasteiger partial charge in [-0.05, 0) is 53.6 Å². The van der Waals surface area contributed by atoms with E-state index in [1.54, 1.807) is 0 Å². The van der Waals surface area contributed by atoms with E-state index in [9.17, 15) is 0 Å². The predicted octanol–water partition coefficient (Wildman–Crippen LogP) is 1.30. The first-order valence-electron chi connectivity index (χ1n) is 7.68. The van der Waals surface area contributed by atoms with Crippen molar-refractivity contribution in [2.75, 3.05) is 39.8 Å². The van der Waals surface area contributed by atoms with Crippen LogP contribution in [0.25, 0.3) is 0 Å². The third kappa shape index (κ3) is 3.30. The summed E-state index contributed by atoms with van der Waals surface area (Å²) in [5, 5.41) is 0. The van der Waals surface area contributed by atoms with E-state index in [-0.39, 0.29) is 11.1 Å². The Morgan fingerprint density at radius 2 is 2.05 bits per heavy atom. The summed E-state index contributed by atoms with van der Waals surface area (Å²) in [7, 11) is 2.23. The molecule has 0 spiro atoms. The molecule has 19 heavy (non-hydrogen) atoms. The summed E-state index contributed by atoms with van der Waals surface area (Å²) in [6.07, 6.45) is 3.36. The summed E-state index contributed by atoms with van der Waals surface area (Å²) in [6.45, 7) is 11.8. The second-order valence-corrected chi connectivity index (χ2v) is 7.12. The molecule has 0 aliphatic carbocycles. The Balaban J connectivity index is 2.19. The molecule has 0 amide bonds. The number of nitrogens with zero attached hydrogens (tertiary/aromatic N) is 2. The zero-order valence-electron chi connectivity index (χ0n) is 13.1. The van der Waals surface area contributed by atoms with Gasteiger partial charge in [-0.25, -0.2) is 0 Å². The Labute approximate surface area is 118 Å². The molecule has 0 aromatic heterocycles. The lowest BCUT2D eigenvalue weighted by Gasteiger charge is -2.52. The summed E-state index contributed by atoms with van der Waals surface area (Å²) in [6, 6.07) is 0.574. The Hall–Kier alpha value is -0.160. The third-order valence-corrected chi connectivity index (χ3v) is 4.85. The highest BCUT2D eigenvalue weighted by molar-refractivity contribution is 5.01. The number of hydrogen-bond acceptors (Lipinski definition) is 4. The van der Waals surface area contributed by atoms with Gasteiger partial charge < -0.3 is 15.4 Å². The van der Waals surface area contributed by atoms with Crippen LogP contribution in [0.2, 0.25) is 0 Å². The molecule has 0 aromatic carbocycles. The van der Waals surface area contributed by atoms with Crippen molar-refractivity contribution < 1.29 is 4.74 Å². The van der Waals surface area contributed by atoms with Crippen LogP contribution in [0.1, 0.15) is 40.0 Å². The second-order valence-electron chi connectivity index (χ2n) is 7.12. The minimum Gasteiger partial charge on any atom is -0.375 e. The van der Waals surface area contributed by atoms with Crippen LogP contribution in [0.3, 0.4) is 0 Å². The molecule has 0 saturated carbocycles. The maximum Gasteiger partial charge on any atom is 0.0644 e. The molecule has 112 valence electrons. The van der Waals surface area contributed by atoms with Crippen molar-refractivity contribution in [2.24, 2.45) is 5.73 Å². The molecule has 4 heteroatoms. The van der Waals surface area contributed by atoms with Crippen LogP contribution >= 0.6 is 0 Å². The molecule has 2 heterocycles. The first-order valence-corrected chi connectivity index (χ1v) is 7.68. The molecule has 2 atom stereocenters. The molecule has 2 aliphatic rings. The molecule has 2 aliphatic heterocycles. The Morgan fingerprint density at radius 3 is 2.68 bits per heavy atom. The zero-order chi connectivity index (χ0) is 14.1. The van der Waals surface area contributed by atoms with Gasteiger partial charge in [-0.3, -0.25) is 4.90 Å². The van der Waals surface area contributed by atoms with Crippen molar-refractivity contribution in [1.82, 2.24) is 9.80 Å². The fourth-order valence-electron chi connectivity index (χ4n) is 4.06. The van der Waals surface area contributed by atoms with Gasteiger partial charge in [0.25, 0.3) is 0 Å². The predicted molar refractivity (Wildman–Crippen MR) is 79.3 cm³/mol. The van der Waals surface area contributed by atoms with Gasteiger partial charge in [0, 0.05) is 37.8 Å². The van der Waals surface area contributed by atoms with Gasteiger partial charge in [0.1, 0.15) is 0 Å².